The van der Waals surface area contributed by atoms with E-state index < -0.39 is 0 Å². The molecule has 1 aliphatic carbocycles. The lowest BCUT2D eigenvalue weighted by atomic mass is 9.93. The molecule has 3 rings (SSSR count). The summed E-state index contributed by atoms with van der Waals surface area (Å²) in [7, 11) is 0. The van der Waals surface area contributed by atoms with Crippen molar-refractivity contribution in [2.75, 3.05) is 0 Å². The predicted molar refractivity (Wildman–Crippen MR) is 86.4 cm³/mol. The summed E-state index contributed by atoms with van der Waals surface area (Å²) in [5.74, 6) is -0.352. The number of nitrogens with one attached hydrogen (secondary N) is 1. The Morgan fingerprint density at radius 1 is 0.955 bits per heavy atom. The van der Waals surface area contributed by atoms with E-state index in [0.29, 0.717) is 11.3 Å². The van der Waals surface area contributed by atoms with E-state index in [9.17, 15) is 9.59 Å². The number of fused-ring (bicyclic) bond motifs is 1. The summed E-state index contributed by atoms with van der Waals surface area (Å²) >= 11 is 0. The van der Waals surface area contributed by atoms with Crippen LogP contribution in [0.5, 0.6) is 0 Å². The van der Waals surface area contributed by atoms with Gasteiger partial charge in [-0.3, -0.25) is 9.59 Å². The summed E-state index contributed by atoms with van der Waals surface area (Å²) in [6.45, 7) is 3.51. The third-order valence-corrected chi connectivity index (χ3v) is 3.89. The lowest BCUT2D eigenvalue weighted by Gasteiger charge is -2.12. The van der Waals surface area contributed by atoms with Crippen molar-refractivity contribution in [3.05, 3.63) is 76.5 Å². The van der Waals surface area contributed by atoms with Crippen LogP contribution >= 0.6 is 0 Å². The highest BCUT2D eigenvalue weighted by molar-refractivity contribution is 6.23. The highest BCUT2D eigenvalue weighted by Crippen LogP contribution is 2.37. The number of allylic oxidation sites excluding steroid dienone is 1. The second-order valence-corrected chi connectivity index (χ2v) is 5.32. The Bertz CT molecular complexity index is 803. The van der Waals surface area contributed by atoms with Crippen LogP contribution in [-0.2, 0) is 11.2 Å². The van der Waals surface area contributed by atoms with Crippen molar-refractivity contribution in [1.82, 2.24) is 5.32 Å². The molecule has 1 N–H and O–H groups in total. The fourth-order valence-corrected chi connectivity index (χ4v) is 2.93. The van der Waals surface area contributed by atoms with Crippen molar-refractivity contribution in [1.29, 1.82) is 0 Å². The Balaban J connectivity index is 2.29. The molecule has 2 aromatic rings. The second kappa shape index (κ2) is 5.60. The number of ketones is 1. The molecule has 0 bridgehead atoms. The first-order valence-corrected chi connectivity index (χ1v) is 7.37. The van der Waals surface area contributed by atoms with Gasteiger partial charge in [0.15, 0.2) is 0 Å². The molecule has 2 aromatic carbocycles. The number of rotatable bonds is 3. The van der Waals surface area contributed by atoms with Crippen LogP contribution in [0.15, 0.2) is 54.2 Å². The standard InChI is InChI=1S/C19H17NO2/c1-3-13-8-4-5-9-14(13)17-15-10-6-7-11-16(15)19(22)18(17)20-12(2)21/h4-11H,3H2,1-2H3,(H,20,21,22). The van der Waals surface area contributed by atoms with Crippen LogP contribution in [0.2, 0.25) is 0 Å². The molecule has 1 aliphatic rings. The molecule has 22 heavy (non-hydrogen) atoms. The largest absolute Gasteiger partial charge is 0.322 e. The third-order valence-electron chi connectivity index (χ3n) is 3.89. The van der Waals surface area contributed by atoms with E-state index in [-0.39, 0.29) is 11.7 Å². The number of carbonyl (C=O) groups is 2. The predicted octanol–water partition coefficient (Wildman–Crippen LogP) is 3.34. The lowest BCUT2D eigenvalue weighted by Crippen LogP contribution is -2.23. The van der Waals surface area contributed by atoms with E-state index in [4.69, 9.17) is 0 Å². The number of hydrogen-bond acceptors (Lipinski definition) is 2. The Kier molecular flexibility index (Phi) is 3.63. The monoisotopic (exact) mass is 291 g/mol. The Labute approximate surface area is 129 Å². The molecule has 0 aliphatic heterocycles. The first-order valence-electron chi connectivity index (χ1n) is 7.37. The summed E-state index contributed by atoms with van der Waals surface area (Å²) in [6.07, 6.45) is 0.864. The molecule has 3 nitrogen and oxygen atoms in total. The van der Waals surface area contributed by atoms with E-state index in [2.05, 4.69) is 18.3 Å². The molecule has 110 valence electrons. The van der Waals surface area contributed by atoms with Crippen molar-refractivity contribution in [3.63, 3.8) is 0 Å². The highest BCUT2D eigenvalue weighted by atomic mass is 16.2. The van der Waals surface area contributed by atoms with E-state index in [0.717, 1.165) is 28.7 Å². The molecular weight excluding hydrogens is 274 g/mol. The molecule has 0 radical (unpaired) electrons. The average molecular weight is 291 g/mol. The molecule has 0 atom stereocenters. The van der Waals surface area contributed by atoms with E-state index in [1.165, 1.54) is 6.92 Å². The highest BCUT2D eigenvalue weighted by Gasteiger charge is 2.31. The van der Waals surface area contributed by atoms with Gasteiger partial charge in [0.2, 0.25) is 11.7 Å². The van der Waals surface area contributed by atoms with Crippen molar-refractivity contribution >= 4 is 17.3 Å². The fraction of sp³-hybridized carbons (Fsp3) is 0.158. The molecule has 3 heteroatoms. The van der Waals surface area contributed by atoms with Crippen molar-refractivity contribution in [3.8, 4) is 0 Å². The number of Topliss-reactive ketones (excluding diaryl/α,β-unsaturated/α-hetero) is 1. The molecule has 0 aromatic heterocycles. The first kappa shape index (κ1) is 14.3. The fourth-order valence-electron chi connectivity index (χ4n) is 2.93. The van der Waals surface area contributed by atoms with Crippen LogP contribution in [0.25, 0.3) is 5.57 Å². The minimum Gasteiger partial charge on any atom is -0.322 e. The molecular formula is C19H17NO2. The van der Waals surface area contributed by atoms with Gasteiger partial charge in [0.05, 0.1) is 5.70 Å². The van der Waals surface area contributed by atoms with Gasteiger partial charge in [-0.2, -0.15) is 0 Å². The maximum Gasteiger partial charge on any atom is 0.221 e. The van der Waals surface area contributed by atoms with Crippen LogP contribution in [0, 0.1) is 0 Å². The topological polar surface area (TPSA) is 46.2 Å². The Morgan fingerprint density at radius 2 is 1.55 bits per heavy atom. The van der Waals surface area contributed by atoms with Gasteiger partial charge in [-0.05, 0) is 23.1 Å². The van der Waals surface area contributed by atoms with Crippen molar-refractivity contribution < 1.29 is 9.59 Å². The van der Waals surface area contributed by atoms with Gasteiger partial charge in [0, 0.05) is 18.1 Å². The lowest BCUT2D eigenvalue weighted by molar-refractivity contribution is -0.118. The Hall–Kier alpha value is -2.68. The zero-order chi connectivity index (χ0) is 15.7. The number of hydrogen-bond donors (Lipinski definition) is 1. The van der Waals surface area contributed by atoms with Gasteiger partial charge in [-0.25, -0.2) is 0 Å². The number of amides is 1. The number of benzene rings is 2. The van der Waals surface area contributed by atoms with Crippen LogP contribution in [-0.4, -0.2) is 11.7 Å². The molecule has 0 saturated heterocycles. The summed E-state index contributed by atoms with van der Waals surface area (Å²) in [6, 6.07) is 15.5. The smallest absolute Gasteiger partial charge is 0.221 e. The van der Waals surface area contributed by atoms with Crippen molar-refractivity contribution in [2.24, 2.45) is 0 Å². The summed E-state index contributed by atoms with van der Waals surface area (Å²) in [5, 5.41) is 2.73. The Morgan fingerprint density at radius 3 is 2.18 bits per heavy atom. The summed E-state index contributed by atoms with van der Waals surface area (Å²) in [5.41, 5.74) is 4.91. The van der Waals surface area contributed by atoms with Gasteiger partial charge in [0.1, 0.15) is 0 Å². The van der Waals surface area contributed by atoms with Crippen molar-refractivity contribution in [2.45, 2.75) is 20.3 Å². The molecule has 1 amide bonds. The average Bonchev–Trinajstić information content (AvgIpc) is 2.80. The molecule has 0 fully saturated rings. The number of carbonyl (C=O) groups excluding carboxylic acids is 2. The van der Waals surface area contributed by atoms with E-state index in [1.807, 2.05) is 36.4 Å². The quantitative estimate of drug-likeness (QED) is 0.942. The van der Waals surface area contributed by atoms with Crippen LogP contribution < -0.4 is 5.32 Å². The second-order valence-electron chi connectivity index (χ2n) is 5.32. The molecule has 0 spiro atoms. The van der Waals surface area contributed by atoms with Crippen LogP contribution in [0.1, 0.15) is 40.9 Å². The zero-order valence-corrected chi connectivity index (χ0v) is 12.6. The van der Waals surface area contributed by atoms with Gasteiger partial charge >= 0.3 is 0 Å². The van der Waals surface area contributed by atoms with Gasteiger partial charge in [0.25, 0.3) is 0 Å². The maximum absolute atomic E-state index is 12.6. The maximum atomic E-state index is 12.6. The van der Waals surface area contributed by atoms with Crippen LogP contribution in [0.3, 0.4) is 0 Å². The van der Waals surface area contributed by atoms with E-state index in [1.54, 1.807) is 6.07 Å². The zero-order valence-electron chi connectivity index (χ0n) is 12.6. The van der Waals surface area contributed by atoms with Gasteiger partial charge in [-0.15, -0.1) is 0 Å². The van der Waals surface area contributed by atoms with E-state index >= 15 is 0 Å². The first-order chi connectivity index (χ1) is 10.6. The normalized spacial score (nSPS) is 13.3. The number of aryl methyl sites for hydroxylation is 1. The third kappa shape index (κ3) is 2.25. The molecule has 0 heterocycles. The van der Waals surface area contributed by atoms with Gasteiger partial charge in [-0.1, -0.05) is 55.5 Å². The minimum absolute atomic E-state index is 0.119. The summed E-state index contributed by atoms with van der Waals surface area (Å²) < 4.78 is 0. The molecule has 0 unspecified atom stereocenters. The molecule has 0 saturated carbocycles. The minimum atomic E-state index is -0.234. The van der Waals surface area contributed by atoms with Crippen LogP contribution in [0.4, 0.5) is 0 Å². The van der Waals surface area contributed by atoms with Gasteiger partial charge < -0.3 is 5.32 Å². The SMILES string of the molecule is CCc1ccccc1C1=C(NC(C)=O)C(=O)c2ccccc21. The summed E-state index contributed by atoms with van der Waals surface area (Å²) in [4.78, 5) is 24.2.